The van der Waals surface area contributed by atoms with Crippen LogP contribution in [0.5, 0.6) is 5.75 Å². The molecule has 1 fully saturated rings. The molecular weight excluding hydrogens is 224 g/mol. The highest BCUT2D eigenvalue weighted by molar-refractivity contribution is 5.38. The van der Waals surface area contributed by atoms with Crippen LogP contribution in [0.25, 0.3) is 0 Å². The molecule has 0 radical (unpaired) electrons. The van der Waals surface area contributed by atoms with Crippen molar-refractivity contribution < 1.29 is 4.74 Å². The van der Waals surface area contributed by atoms with E-state index in [1.54, 1.807) is 0 Å². The summed E-state index contributed by atoms with van der Waals surface area (Å²) in [6.07, 6.45) is 2.68. The molecule has 18 heavy (non-hydrogen) atoms. The standard InChI is InChI=1S/C15H20N2O/c1-11-5-4-6-14(12(11)2)18-13-7-8-15(9-13,10-16)17-3/h4-6,13,17H,7-9H2,1-3H3. The van der Waals surface area contributed by atoms with Crippen LogP contribution in [0.2, 0.25) is 0 Å². The minimum atomic E-state index is -0.400. The minimum absolute atomic E-state index is 0.137. The predicted molar refractivity (Wildman–Crippen MR) is 71.6 cm³/mol. The Balaban J connectivity index is 2.09. The normalized spacial score (nSPS) is 26.9. The maximum absolute atomic E-state index is 9.23. The van der Waals surface area contributed by atoms with Crippen molar-refractivity contribution in [2.75, 3.05) is 7.05 Å². The highest BCUT2D eigenvalue weighted by Crippen LogP contribution is 2.33. The van der Waals surface area contributed by atoms with Gasteiger partial charge in [-0.3, -0.25) is 0 Å². The number of nitrogens with one attached hydrogen (secondary N) is 1. The molecule has 2 rings (SSSR count). The molecule has 96 valence electrons. The van der Waals surface area contributed by atoms with E-state index in [0.717, 1.165) is 25.0 Å². The highest BCUT2D eigenvalue weighted by Gasteiger charge is 2.39. The average molecular weight is 244 g/mol. The Morgan fingerprint density at radius 3 is 2.83 bits per heavy atom. The van der Waals surface area contributed by atoms with Crippen LogP contribution in [-0.4, -0.2) is 18.7 Å². The molecule has 3 heteroatoms. The second-order valence-electron chi connectivity index (χ2n) is 5.12. The number of ether oxygens (including phenoxy) is 1. The molecule has 0 spiro atoms. The fraction of sp³-hybridized carbons (Fsp3) is 0.533. The van der Waals surface area contributed by atoms with Crippen LogP contribution in [0.4, 0.5) is 0 Å². The largest absolute Gasteiger partial charge is 0.490 e. The van der Waals surface area contributed by atoms with Gasteiger partial charge in [-0.15, -0.1) is 0 Å². The molecule has 0 aliphatic heterocycles. The number of nitrogens with zero attached hydrogens (tertiary/aromatic N) is 1. The Bertz CT molecular complexity index is 478. The molecular formula is C15H20N2O. The van der Waals surface area contributed by atoms with Crippen molar-refractivity contribution in [1.82, 2.24) is 5.32 Å². The third-order valence-electron chi connectivity index (χ3n) is 4.01. The summed E-state index contributed by atoms with van der Waals surface area (Å²) in [5, 5.41) is 12.4. The Morgan fingerprint density at radius 2 is 2.22 bits per heavy atom. The molecule has 0 bridgehead atoms. The van der Waals surface area contributed by atoms with Gasteiger partial charge in [0.2, 0.25) is 0 Å². The van der Waals surface area contributed by atoms with Gasteiger partial charge >= 0.3 is 0 Å². The molecule has 3 nitrogen and oxygen atoms in total. The van der Waals surface area contributed by atoms with E-state index >= 15 is 0 Å². The van der Waals surface area contributed by atoms with Gasteiger partial charge in [-0.25, -0.2) is 0 Å². The van der Waals surface area contributed by atoms with Crippen LogP contribution in [0, 0.1) is 25.2 Å². The molecule has 0 heterocycles. The summed E-state index contributed by atoms with van der Waals surface area (Å²) >= 11 is 0. The molecule has 1 saturated carbocycles. The van der Waals surface area contributed by atoms with E-state index in [1.165, 1.54) is 11.1 Å². The van der Waals surface area contributed by atoms with Crippen LogP contribution in [-0.2, 0) is 0 Å². The molecule has 2 unspecified atom stereocenters. The SMILES string of the molecule is CNC1(C#N)CCC(Oc2cccc(C)c2C)C1. The second-order valence-corrected chi connectivity index (χ2v) is 5.12. The van der Waals surface area contributed by atoms with Gasteiger partial charge in [0.25, 0.3) is 0 Å². The summed E-state index contributed by atoms with van der Waals surface area (Å²) in [5.74, 6) is 0.949. The Hall–Kier alpha value is -1.53. The van der Waals surface area contributed by atoms with Gasteiger partial charge in [0.05, 0.1) is 6.07 Å². The third kappa shape index (κ3) is 2.34. The molecule has 0 saturated heterocycles. The van der Waals surface area contributed by atoms with Crippen LogP contribution in [0.1, 0.15) is 30.4 Å². The Labute approximate surface area is 109 Å². The molecule has 1 aliphatic rings. The molecule has 1 N–H and O–H groups in total. The quantitative estimate of drug-likeness (QED) is 0.889. The van der Waals surface area contributed by atoms with Crippen LogP contribution < -0.4 is 10.1 Å². The molecule has 2 atom stereocenters. The van der Waals surface area contributed by atoms with Crippen LogP contribution >= 0.6 is 0 Å². The number of rotatable bonds is 3. The van der Waals surface area contributed by atoms with E-state index in [0.29, 0.717) is 0 Å². The second kappa shape index (κ2) is 4.99. The first-order valence-electron chi connectivity index (χ1n) is 6.43. The van der Waals surface area contributed by atoms with Crippen molar-refractivity contribution in [2.24, 2.45) is 0 Å². The molecule has 0 aromatic heterocycles. The fourth-order valence-corrected chi connectivity index (χ4v) is 2.52. The van der Waals surface area contributed by atoms with Gasteiger partial charge in [-0.05, 0) is 50.9 Å². The van der Waals surface area contributed by atoms with Gasteiger partial charge in [-0.1, -0.05) is 12.1 Å². The lowest BCUT2D eigenvalue weighted by Gasteiger charge is -2.21. The van der Waals surface area contributed by atoms with E-state index in [2.05, 4.69) is 31.3 Å². The zero-order valence-corrected chi connectivity index (χ0v) is 11.3. The summed E-state index contributed by atoms with van der Waals surface area (Å²) in [7, 11) is 1.85. The predicted octanol–water partition coefficient (Wildman–Crippen LogP) is 2.72. The lowest BCUT2D eigenvalue weighted by atomic mass is 10.0. The van der Waals surface area contributed by atoms with Crippen molar-refractivity contribution >= 4 is 0 Å². The van der Waals surface area contributed by atoms with Crippen molar-refractivity contribution in [3.8, 4) is 11.8 Å². The maximum atomic E-state index is 9.23. The lowest BCUT2D eigenvalue weighted by molar-refractivity contribution is 0.200. The van der Waals surface area contributed by atoms with Crippen LogP contribution in [0.15, 0.2) is 18.2 Å². The molecule has 1 aliphatic carbocycles. The van der Waals surface area contributed by atoms with Crippen molar-refractivity contribution in [3.63, 3.8) is 0 Å². The van der Waals surface area contributed by atoms with E-state index in [4.69, 9.17) is 4.74 Å². The smallest absolute Gasteiger partial charge is 0.122 e. The average Bonchev–Trinajstić information content (AvgIpc) is 2.79. The summed E-state index contributed by atoms with van der Waals surface area (Å²) in [4.78, 5) is 0. The van der Waals surface area contributed by atoms with Gasteiger partial charge < -0.3 is 10.1 Å². The summed E-state index contributed by atoms with van der Waals surface area (Å²) in [6.45, 7) is 4.17. The first-order chi connectivity index (χ1) is 8.60. The minimum Gasteiger partial charge on any atom is -0.490 e. The first kappa shape index (κ1) is 12.9. The van der Waals surface area contributed by atoms with Crippen molar-refractivity contribution in [2.45, 2.75) is 44.8 Å². The number of nitriles is 1. The number of benzene rings is 1. The van der Waals surface area contributed by atoms with Gasteiger partial charge in [0.15, 0.2) is 0 Å². The van der Waals surface area contributed by atoms with Gasteiger partial charge in [-0.2, -0.15) is 5.26 Å². The van der Waals surface area contributed by atoms with Crippen molar-refractivity contribution in [3.05, 3.63) is 29.3 Å². The lowest BCUT2D eigenvalue weighted by Crippen LogP contribution is -2.39. The Morgan fingerprint density at radius 1 is 1.44 bits per heavy atom. The topological polar surface area (TPSA) is 45.0 Å². The van der Waals surface area contributed by atoms with Crippen LogP contribution in [0.3, 0.4) is 0 Å². The number of aryl methyl sites for hydroxylation is 1. The summed E-state index contributed by atoms with van der Waals surface area (Å²) in [6, 6.07) is 8.49. The summed E-state index contributed by atoms with van der Waals surface area (Å²) in [5.41, 5.74) is 2.03. The summed E-state index contributed by atoms with van der Waals surface area (Å²) < 4.78 is 6.05. The van der Waals surface area contributed by atoms with Gasteiger partial charge in [0.1, 0.15) is 17.4 Å². The molecule has 1 aromatic rings. The maximum Gasteiger partial charge on any atom is 0.122 e. The van der Waals surface area contributed by atoms with E-state index in [9.17, 15) is 5.26 Å². The van der Waals surface area contributed by atoms with E-state index in [-0.39, 0.29) is 6.10 Å². The fourth-order valence-electron chi connectivity index (χ4n) is 2.52. The monoisotopic (exact) mass is 244 g/mol. The highest BCUT2D eigenvalue weighted by atomic mass is 16.5. The zero-order valence-electron chi connectivity index (χ0n) is 11.3. The molecule has 0 amide bonds. The van der Waals surface area contributed by atoms with E-state index < -0.39 is 5.54 Å². The molecule has 1 aromatic carbocycles. The number of hydrogen-bond acceptors (Lipinski definition) is 3. The Kier molecular flexibility index (Phi) is 3.58. The first-order valence-corrected chi connectivity index (χ1v) is 6.43. The van der Waals surface area contributed by atoms with Gasteiger partial charge in [0, 0.05) is 6.42 Å². The zero-order chi connectivity index (χ0) is 13.2. The van der Waals surface area contributed by atoms with E-state index in [1.807, 2.05) is 19.2 Å². The van der Waals surface area contributed by atoms with Crippen molar-refractivity contribution in [1.29, 1.82) is 5.26 Å². The third-order valence-corrected chi connectivity index (χ3v) is 4.01. The number of hydrogen-bond donors (Lipinski definition) is 1.